The van der Waals surface area contributed by atoms with Crippen molar-refractivity contribution in [3.63, 3.8) is 0 Å². The van der Waals surface area contributed by atoms with Gasteiger partial charge in [0, 0.05) is 6.61 Å². The third-order valence-corrected chi connectivity index (χ3v) is 2.06. The van der Waals surface area contributed by atoms with Crippen LogP contribution in [0.15, 0.2) is 0 Å². The van der Waals surface area contributed by atoms with Gasteiger partial charge in [0.2, 0.25) is 5.91 Å². The quantitative estimate of drug-likeness (QED) is 0.603. The molecule has 4 heteroatoms. The number of carbonyl (C=O) groups is 1. The van der Waals surface area contributed by atoms with Gasteiger partial charge in [-0.3, -0.25) is 4.79 Å². The van der Waals surface area contributed by atoms with Gasteiger partial charge >= 0.3 is 0 Å². The van der Waals surface area contributed by atoms with Gasteiger partial charge in [-0.15, -0.1) is 0 Å². The molecule has 2 atom stereocenters. The minimum Gasteiger partial charge on any atom is -0.376 e. The summed E-state index contributed by atoms with van der Waals surface area (Å²) < 4.78 is 5.31. The molecule has 0 radical (unpaired) electrons. The topological polar surface area (TPSA) is 50.4 Å². The van der Waals surface area contributed by atoms with Crippen LogP contribution in [0.2, 0.25) is 0 Å². The van der Waals surface area contributed by atoms with Gasteiger partial charge < -0.3 is 15.4 Å². The minimum absolute atomic E-state index is 0.0415. The van der Waals surface area contributed by atoms with E-state index in [1.165, 1.54) is 0 Å². The third kappa shape index (κ3) is 2.46. The number of amides is 1. The highest BCUT2D eigenvalue weighted by atomic mass is 16.5. The molecule has 0 aromatic rings. The summed E-state index contributed by atoms with van der Waals surface area (Å²) in [5.74, 6) is 0.0415. The molecule has 0 spiro atoms. The van der Waals surface area contributed by atoms with Crippen LogP contribution in [0.3, 0.4) is 0 Å². The molecule has 0 aliphatic carbocycles. The maximum absolute atomic E-state index is 11.1. The molecular formula is C8H16N2O2. The molecule has 1 aliphatic heterocycles. The molecule has 1 fully saturated rings. The van der Waals surface area contributed by atoms with Gasteiger partial charge in [-0.25, -0.2) is 0 Å². The van der Waals surface area contributed by atoms with Crippen molar-refractivity contribution < 1.29 is 9.53 Å². The smallest absolute Gasteiger partial charge is 0.234 e. The second-order valence-corrected chi connectivity index (χ2v) is 3.07. The van der Waals surface area contributed by atoms with Crippen LogP contribution < -0.4 is 10.6 Å². The van der Waals surface area contributed by atoms with Crippen molar-refractivity contribution in [2.24, 2.45) is 0 Å². The second-order valence-electron chi connectivity index (χ2n) is 3.07. The molecule has 1 saturated heterocycles. The second kappa shape index (κ2) is 4.42. The van der Waals surface area contributed by atoms with E-state index in [0.29, 0.717) is 6.54 Å². The maximum atomic E-state index is 11.1. The van der Waals surface area contributed by atoms with Crippen LogP contribution >= 0.6 is 0 Å². The Labute approximate surface area is 72.7 Å². The van der Waals surface area contributed by atoms with Gasteiger partial charge in [0.1, 0.15) is 0 Å². The lowest BCUT2D eigenvalue weighted by Crippen LogP contribution is -2.42. The molecule has 0 aromatic heterocycles. The fourth-order valence-electron chi connectivity index (χ4n) is 1.34. The van der Waals surface area contributed by atoms with E-state index in [1.54, 1.807) is 7.05 Å². The number of likely N-dealkylation sites (N-methyl/N-ethyl adjacent to an activating group) is 1. The summed E-state index contributed by atoms with van der Waals surface area (Å²) in [4.78, 5) is 11.1. The molecule has 1 amide bonds. The van der Waals surface area contributed by atoms with Gasteiger partial charge in [-0.05, 0) is 20.4 Å². The van der Waals surface area contributed by atoms with Crippen LogP contribution in [0.1, 0.15) is 13.3 Å². The Hall–Kier alpha value is -0.610. The fraction of sp³-hybridized carbons (Fsp3) is 0.875. The first-order valence-corrected chi connectivity index (χ1v) is 4.29. The van der Waals surface area contributed by atoms with Crippen LogP contribution in [-0.2, 0) is 9.53 Å². The largest absolute Gasteiger partial charge is 0.376 e. The Morgan fingerprint density at radius 3 is 2.92 bits per heavy atom. The number of hydrogen-bond donors (Lipinski definition) is 2. The predicted octanol–water partition coefficient (Wildman–Crippen LogP) is -0.501. The minimum atomic E-state index is 0.0415. The molecule has 4 nitrogen and oxygen atoms in total. The fourth-order valence-corrected chi connectivity index (χ4v) is 1.34. The standard InChI is InChI=1S/C8H16N2O2/c1-6-7(3-4-12-6)10-8(11)5-9-2/h6-7,9H,3-5H2,1-2H3,(H,10,11). The average Bonchev–Trinajstić information content (AvgIpc) is 2.37. The normalized spacial score (nSPS) is 28.8. The van der Waals surface area contributed by atoms with Crippen molar-refractivity contribution in [1.29, 1.82) is 0 Å². The molecule has 2 unspecified atom stereocenters. The molecule has 1 aliphatic rings. The van der Waals surface area contributed by atoms with Gasteiger partial charge in [0.25, 0.3) is 0 Å². The van der Waals surface area contributed by atoms with E-state index in [9.17, 15) is 4.79 Å². The van der Waals surface area contributed by atoms with E-state index in [1.807, 2.05) is 6.92 Å². The van der Waals surface area contributed by atoms with Gasteiger partial charge in [0.05, 0.1) is 18.7 Å². The summed E-state index contributed by atoms with van der Waals surface area (Å²) in [5.41, 5.74) is 0. The number of carbonyl (C=O) groups excluding carboxylic acids is 1. The highest BCUT2D eigenvalue weighted by molar-refractivity contribution is 5.78. The number of ether oxygens (including phenoxy) is 1. The lowest BCUT2D eigenvalue weighted by Gasteiger charge is -2.15. The summed E-state index contributed by atoms with van der Waals surface area (Å²) >= 11 is 0. The van der Waals surface area contributed by atoms with Crippen LogP contribution in [0, 0.1) is 0 Å². The summed E-state index contributed by atoms with van der Waals surface area (Å²) in [6.07, 6.45) is 1.09. The first kappa shape index (κ1) is 9.48. The van der Waals surface area contributed by atoms with E-state index in [-0.39, 0.29) is 18.1 Å². The van der Waals surface area contributed by atoms with Crippen molar-refractivity contribution in [1.82, 2.24) is 10.6 Å². The molecule has 0 aromatic carbocycles. The lowest BCUT2D eigenvalue weighted by atomic mass is 10.1. The van der Waals surface area contributed by atoms with Crippen molar-refractivity contribution in [3.8, 4) is 0 Å². The summed E-state index contributed by atoms with van der Waals surface area (Å²) in [6.45, 7) is 3.12. The Morgan fingerprint density at radius 2 is 2.42 bits per heavy atom. The van der Waals surface area contributed by atoms with Crippen LogP contribution in [0.4, 0.5) is 0 Å². The molecule has 2 N–H and O–H groups in total. The number of hydrogen-bond acceptors (Lipinski definition) is 3. The van der Waals surface area contributed by atoms with Crippen LogP contribution in [0.5, 0.6) is 0 Å². The monoisotopic (exact) mass is 172 g/mol. The Kier molecular flexibility index (Phi) is 3.49. The van der Waals surface area contributed by atoms with Crippen molar-refractivity contribution in [2.75, 3.05) is 20.2 Å². The molecular weight excluding hydrogens is 156 g/mol. The van der Waals surface area contributed by atoms with E-state index >= 15 is 0 Å². The van der Waals surface area contributed by atoms with E-state index in [4.69, 9.17) is 4.74 Å². The molecule has 70 valence electrons. The Morgan fingerprint density at radius 1 is 1.67 bits per heavy atom. The summed E-state index contributed by atoms with van der Waals surface area (Å²) in [5, 5.41) is 5.71. The van der Waals surface area contributed by atoms with Crippen molar-refractivity contribution in [2.45, 2.75) is 25.5 Å². The molecule has 12 heavy (non-hydrogen) atoms. The van der Waals surface area contributed by atoms with Gasteiger partial charge in [-0.2, -0.15) is 0 Å². The van der Waals surface area contributed by atoms with Crippen molar-refractivity contribution >= 4 is 5.91 Å². The summed E-state index contributed by atoms with van der Waals surface area (Å²) in [7, 11) is 1.76. The van der Waals surface area contributed by atoms with E-state index < -0.39 is 0 Å². The number of nitrogens with one attached hydrogen (secondary N) is 2. The third-order valence-electron chi connectivity index (χ3n) is 2.06. The van der Waals surface area contributed by atoms with Crippen molar-refractivity contribution in [3.05, 3.63) is 0 Å². The Balaban J connectivity index is 2.25. The van der Waals surface area contributed by atoms with Gasteiger partial charge in [-0.1, -0.05) is 0 Å². The Bertz CT molecular complexity index is 161. The van der Waals surface area contributed by atoms with Crippen LogP contribution in [0.25, 0.3) is 0 Å². The van der Waals surface area contributed by atoms with E-state index in [2.05, 4.69) is 10.6 Å². The lowest BCUT2D eigenvalue weighted by molar-refractivity contribution is -0.121. The molecule has 1 rings (SSSR count). The highest BCUT2D eigenvalue weighted by Gasteiger charge is 2.24. The zero-order valence-electron chi connectivity index (χ0n) is 7.59. The molecule has 0 bridgehead atoms. The molecule has 0 saturated carbocycles. The number of rotatable bonds is 3. The zero-order valence-corrected chi connectivity index (χ0v) is 7.59. The summed E-state index contributed by atoms with van der Waals surface area (Å²) in [6, 6.07) is 0.200. The predicted molar refractivity (Wildman–Crippen MR) is 45.9 cm³/mol. The van der Waals surface area contributed by atoms with Gasteiger partial charge in [0.15, 0.2) is 0 Å². The van der Waals surface area contributed by atoms with Crippen LogP contribution in [-0.4, -0.2) is 38.3 Å². The highest BCUT2D eigenvalue weighted by Crippen LogP contribution is 2.11. The zero-order chi connectivity index (χ0) is 8.97. The first-order chi connectivity index (χ1) is 5.74. The average molecular weight is 172 g/mol. The first-order valence-electron chi connectivity index (χ1n) is 4.29. The maximum Gasteiger partial charge on any atom is 0.234 e. The SMILES string of the molecule is CNCC(=O)NC1CCOC1C. The van der Waals surface area contributed by atoms with E-state index in [0.717, 1.165) is 13.0 Å². The molecule has 1 heterocycles.